The minimum absolute atomic E-state index is 0.0690. The molecule has 8 heteroatoms. The molecule has 1 fully saturated rings. The normalized spacial score (nSPS) is 18.4. The highest BCUT2D eigenvalue weighted by atomic mass is 16.6. The van der Waals surface area contributed by atoms with Gasteiger partial charge in [-0.3, -0.25) is 19.7 Å². The van der Waals surface area contributed by atoms with Crippen molar-refractivity contribution in [1.29, 1.82) is 0 Å². The van der Waals surface area contributed by atoms with Crippen LogP contribution in [-0.2, 0) is 9.59 Å². The number of likely N-dealkylation sites (N-methyl/N-ethyl adjacent to an activating group) is 1. The van der Waals surface area contributed by atoms with Gasteiger partial charge in [-0.05, 0) is 19.7 Å². The summed E-state index contributed by atoms with van der Waals surface area (Å²) >= 11 is 0. The average Bonchev–Trinajstić information content (AvgIpc) is 2.97. The third kappa shape index (κ3) is 4.02. The van der Waals surface area contributed by atoms with E-state index in [-0.39, 0.29) is 16.8 Å². The van der Waals surface area contributed by atoms with Crippen molar-refractivity contribution in [1.82, 2.24) is 9.80 Å². The number of Topliss-reactive ketones (excluding diaryl/α,β-unsaturated/α-hetero) is 1. The van der Waals surface area contributed by atoms with Gasteiger partial charge in [0.2, 0.25) is 0 Å². The molecule has 2 aromatic rings. The summed E-state index contributed by atoms with van der Waals surface area (Å²) in [7, 11) is 3.72. The summed E-state index contributed by atoms with van der Waals surface area (Å²) in [5.41, 5.74) is 0.510. The van der Waals surface area contributed by atoms with Gasteiger partial charge in [-0.2, -0.15) is 0 Å². The third-order valence-electron chi connectivity index (χ3n) is 4.77. The first-order chi connectivity index (χ1) is 13.8. The highest BCUT2D eigenvalue weighted by Gasteiger charge is 2.45. The molecule has 0 saturated carbocycles. The summed E-state index contributed by atoms with van der Waals surface area (Å²) < 4.78 is 0. The van der Waals surface area contributed by atoms with E-state index in [1.54, 1.807) is 24.3 Å². The zero-order chi connectivity index (χ0) is 21.1. The molecule has 1 N–H and O–H groups in total. The molecule has 1 heterocycles. The van der Waals surface area contributed by atoms with Gasteiger partial charge in [0.25, 0.3) is 17.4 Å². The molecule has 8 nitrogen and oxygen atoms in total. The zero-order valence-corrected chi connectivity index (χ0v) is 16.1. The Labute approximate surface area is 167 Å². The van der Waals surface area contributed by atoms with Crippen molar-refractivity contribution in [3.05, 3.63) is 81.4 Å². The molecule has 1 amide bonds. The van der Waals surface area contributed by atoms with Gasteiger partial charge in [-0.25, -0.2) is 0 Å². The first-order valence-corrected chi connectivity index (χ1v) is 9.04. The van der Waals surface area contributed by atoms with Gasteiger partial charge in [-0.15, -0.1) is 0 Å². The van der Waals surface area contributed by atoms with Gasteiger partial charge in [0.1, 0.15) is 5.76 Å². The number of aliphatic hydroxyl groups is 1. The predicted molar refractivity (Wildman–Crippen MR) is 107 cm³/mol. The van der Waals surface area contributed by atoms with Crippen LogP contribution in [0.25, 0.3) is 5.76 Å². The summed E-state index contributed by atoms with van der Waals surface area (Å²) in [4.78, 5) is 39.4. The van der Waals surface area contributed by atoms with Crippen molar-refractivity contribution >= 4 is 23.1 Å². The standard InChI is InChI=1S/C21H21N3O5/c1-22(2)11-12-23-18(14-7-4-3-5-8-14)17(20(26)21(23)27)19(25)15-9-6-10-16(13-15)24(28)29/h3-10,13,18,25H,11-12H2,1-2H3/b19-17-. The second kappa shape index (κ2) is 8.24. The molecular weight excluding hydrogens is 374 g/mol. The van der Waals surface area contributed by atoms with Gasteiger partial charge in [0, 0.05) is 30.8 Å². The van der Waals surface area contributed by atoms with Crippen LogP contribution in [0.3, 0.4) is 0 Å². The molecule has 1 aliphatic heterocycles. The molecule has 0 radical (unpaired) electrons. The van der Waals surface area contributed by atoms with E-state index in [1.165, 1.54) is 29.2 Å². The van der Waals surface area contributed by atoms with Crippen LogP contribution in [0.2, 0.25) is 0 Å². The monoisotopic (exact) mass is 395 g/mol. The smallest absolute Gasteiger partial charge is 0.295 e. The number of aliphatic hydroxyl groups excluding tert-OH is 1. The number of carbonyl (C=O) groups is 2. The van der Waals surface area contributed by atoms with E-state index in [0.29, 0.717) is 18.7 Å². The Balaban J connectivity index is 2.15. The van der Waals surface area contributed by atoms with E-state index < -0.39 is 28.4 Å². The molecule has 2 aromatic carbocycles. The molecule has 1 atom stereocenters. The van der Waals surface area contributed by atoms with Crippen LogP contribution in [0.4, 0.5) is 5.69 Å². The lowest BCUT2D eigenvalue weighted by Gasteiger charge is -2.26. The van der Waals surface area contributed by atoms with E-state index in [2.05, 4.69) is 0 Å². The lowest BCUT2D eigenvalue weighted by molar-refractivity contribution is -0.384. The number of likely N-dealkylation sites (tertiary alicyclic amines) is 1. The van der Waals surface area contributed by atoms with Crippen LogP contribution in [0.15, 0.2) is 60.2 Å². The maximum atomic E-state index is 12.8. The number of non-ortho nitro benzene ring substituents is 1. The number of ketones is 1. The highest BCUT2D eigenvalue weighted by Crippen LogP contribution is 2.39. The van der Waals surface area contributed by atoms with Gasteiger partial charge in [0.15, 0.2) is 0 Å². The summed E-state index contributed by atoms with van der Waals surface area (Å²) in [5.74, 6) is -1.93. The minimum atomic E-state index is -0.804. The Kier molecular flexibility index (Phi) is 5.74. The molecule has 0 aromatic heterocycles. The molecule has 3 rings (SSSR count). The third-order valence-corrected chi connectivity index (χ3v) is 4.77. The fraction of sp³-hybridized carbons (Fsp3) is 0.238. The van der Waals surface area contributed by atoms with E-state index in [0.717, 1.165) is 0 Å². The van der Waals surface area contributed by atoms with Gasteiger partial charge in [0.05, 0.1) is 16.5 Å². The molecule has 0 bridgehead atoms. The molecule has 1 unspecified atom stereocenters. The Morgan fingerprint density at radius 3 is 2.45 bits per heavy atom. The number of carbonyl (C=O) groups excluding carboxylic acids is 2. The molecule has 1 saturated heterocycles. The second-order valence-corrected chi connectivity index (χ2v) is 7.01. The van der Waals surface area contributed by atoms with E-state index in [1.807, 2.05) is 25.1 Å². The molecule has 1 aliphatic rings. The largest absolute Gasteiger partial charge is 0.507 e. The molecule has 29 heavy (non-hydrogen) atoms. The van der Waals surface area contributed by atoms with Gasteiger partial charge < -0.3 is 14.9 Å². The second-order valence-electron chi connectivity index (χ2n) is 7.01. The van der Waals surface area contributed by atoms with E-state index in [4.69, 9.17) is 0 Å². The summed E-state index contributed by atoms with van der Waals surface area (Å²) in [6.07, 6.45) is 0. The van der Waals surface area contributed by atoms with Crippen LogP contribution in [0, 0.1) is 10.1 Å². The molecule has 150 valence electrons. The number of nitrogens with zero attached hydrogens (tertiary/aromatic N) is 3. The van der Waals surface area contributed by atoms with E-state index >= 15 is 0 Å². The van der Waals surface area contributed by atoms with Gasteiger partial charge in [-0.1, -0.05) is 42.5 Å². The molecular formula is C21H21N3O5. The van der Waals surface area contributed by atoms with Crippen molar-refractivity contribution in [2.24, 2.45) is 0 Å². The van der Waals surface area contributed by atoms with Crippen LogP contribution in [0.5, 0.6) is 0 Å². The Morgan fingerprint density at radius 2 is 1.83 bits per heavy atom. The van der Waals surface area contributed by atoms with Crippen molar-refractivity contribution in [2.75, 3.05) is 27.2 Å². The predicted octanol–water partition coefficient (Wildman–Crippen LogP) is 2.58. The average molecular weight is 395 g/mol. The maximum absolute atomic E-state index is 12.8. The minimum Gasteiger partial charge on any atom is -0.507 e. The first kappa shape index (κ1) is 20.2. The number of hydrogen-bond donors (Lipinski definition) is 1. The highest BCUT2D eigenvalue weighted by molar-refractivity contribution is 6.46. The quantitative estimate of drug-likeness (QED) is 0.265. The SMILES string of the molecule is CN(C)CCN1C(=O)C(=O)/C(=C(\O)c2cccc([N+](=O)[O-])c2)C1c1ccccc1. The number of rotatable bonds is 6. The van der Waals surface area contributed by atoms with Crippen LogP contribution in [0.1, 0.15) is 17.2 Å². The number of hydrogen-bond acceptors (Lipinski definition) is 6. The van der Waals surface area contributed by atoms with Gasteiger partial charge >= 0.3 is 0 Å². The van der Waals surface area contributed by atoms with Crippen molar-refractivity contribution in [2.45, 2.75) is 6.04 Å². The number of amides is 1. The maximum Gasteiger partial charge on any atom is 0.295 e. The summed E-state index contributed by atoms with van der Waals surface area (Å²) in [6.45, 7) is 0.829. The van der Waals surface area contributed by atoms with Crippen molar-refractivity contribution < 1.29 is 19.6 Å². The summed E-state index contributed by atoms with van der Waals surface area (Å²) in [6, 6.07) is 13.5. The fourth-order valence-electron chi connectivity index (χ4n) is 3.32. The van der Waals surface area contributed by atoms with Crippen LogP contribution >= 0.6 is 0 Å². The first-order valence-electron chi connectivity index (χ1n) is 9.04. The van der Waals surface area contributed by atoms with Crippen molar-refractivity contribution in [3.8, 4) is 0 Å². The van der Waals surface area contributed by atoms with E-state index in [9.17, 15) is 24.8 Å². The molecule has 0 spiro atoms. The lowest BCUT2D eigenvalue weighted by Crippen LogP contribution is -2.35. The zero-order valence-electron chi connectivity index (χ0n) is 16.1. The number of nitro benzene ring substituents is 1. The van der Waals surface area contributed by atoms with Crippen LogP contribution in [-0.4, -0.2) is 58.7 Å². The topological polar surface area (TPSA) is 104 Å². The lowest BCUT2D eigenvalue weighted by atomic mass is 9.95. The van der Waals surface area contributed by atoms with Crippen molar-refractivity contribution in [3.63, 3.8) is 0 Å². The Hall–Kier alpha value is -3.52. The fourth-order valence-corrected chi connectivity index (χ4v) is 3.32. The number of benzene rings is 2. The number of nitro groups is 1. The molecule has 0 aliphatic carbocycles. The summed E-state index contributed by atoms with van der Waals surface area (Å²) in [5, 5.41) is 22.0. The Morgan fingerprint density at radius 1 is 1.14 bits per heavy atom. The Bertz CT molecular complexity index is 985. The van der Waals surface area contributed by atoms with Crippen LogP contribution < -0.4 is 0 Å².